The van der Waals surface area contributed by atoms with Crippen molar-refractivity contribution < 1.29 is 4.79 Å². The lowest BCUT2D eigenvalue weighted by Gasteiger charge is -2.31. The zero-order valence-corrected chi connectivity index (χ0v) is 17.2. The maximum atomic E-state index is 13.2. The second kappa shape index (κ2) is 8.61. The zero-order chi connectivity index (χ0) is 20.2. The molecule has 0 unspecified atom stereocenters. The molecule has 0 bridgehead atoms. The minimum Gasteiger partial charge on any atom is -0.311 e. The zero-order valence-electron chi connectivity index (χ0n) is 16.4. The van der Waals surface area contributed by atoms with E-state index in [1.807, 2.05) is 52.8 Å². The molecular formula is C22H23N5OS. The summed E-state index contributed by atoms with van der Waals surface area (Å²) in [4.78, 5) is 19.2. The highest BCUT2D eigenvalue weighted by Crippen LogP contribution is 2.31. The van der Waals surface area contributed by atoms with E-state index in [4.69, 9.17) is 0 Å². The predicted octanol–water partition coefficient (Wildman–Crippen LogP) is 3.99. The molecule has 0 N–H and O–H groups in total. The van der Waals surface area contributed by atoms with Crippen LogP contribution in [0, 0.1) is 0 Å². The number of hydrogen-bond acceptors (Lipinski definition) is 5. The molecule has 6 nitrogen and oxygen atoms in total. The molecule has 1 atom stereocenters. The first-order valence-corrected chi connectivity index (χ1v) is 10.6. The number of amides is 1. The van der Waals surface area contributed by atoms with E-state index < -0.39 is 0 Å². The Kier molecular flexibility index (Phi) is 5.76. The van der Waals surface area contributed by atoms with Crippen LogP contribution in [0.3, 0.4) is 0 Å². The molecule has 0 aliphatic carbocycles. The SMILES string of the molecule is C=CCn1c(S[C@H](C)C(=O)N2CCCc3ccccc32)nnc1-c1ccncc1. The molecule has 0 saturated heterocycles. The molecule has 0 saturated carbocycles. The third kappa shape index (κ3) is 3.96. The molecule has 3 heterocycles. The number of pyridine rings is 1. The molecule has 1 aromatic carbocycles. The number of aromatic nitrogens is 4. The van der Waals surface area contributed by atoms with Crippen molar-refractivity contribution in [2.45, 2.75) is 36.7 Å². The molecule has 0 radical (unpaired) electrons. The summed E-state index contributed by atoms with van der Waals surface area (Å²) in [6, 6.07) is 12.0. The van der Waals surface area contributed by atoms with Crippen molar-refractivity contribution >= 4 is 23.4 Å². The normalized spacial score (nSPS) is 14.3. The molecule has 1 aliphatic heterocycles. The van der Waals surface area contributed by atoms with E-state index in [0.29, 0.717) is 11.7 Å². The third-order valence-electron chi connectivity index (χ3n) is 4.97. The van der Waals surface area contributed by atoms with E-state index in [1.165, 1.54) is 17.3 Å². The Morgan fingerprint density at radius 1 is 1.24 bits per heavy atom. The van der Waals surface area contributed by atoms with Gasteiger partial charge in [-0.25, -0.2) is 0 Å². The number of aryl methyl sites for hydroxylation is 1. The molecular weight excluding hydrogens is 382 g/mol. The lowest BCUT2D eigenvalue weighted by Crippen LogP contribution is -2.40. The highest BCUT2D eigenvalue weighted by atomic mass is 32.2. The van der Waals surface area contributed by atoms with Crippen molar-refractivity contribution in [1.82, 2.24) is 19.7 Å². The summed E-state index contributed by atoms with van der Waals surface area (Å²) in [5.41, 5.74) is 3.20. The van der Waals surface area contributed by atoms with Crippen LogP contribution in [0.1, 0.15) is 18.9 Å². The van der Waals surface area contributed by atoms with E-state index in [0.717, 1.165) is 36.5 Å². The van der Waals surface area contributed by atoms with Gasteiger partial charge >= 0.3 is 0 Å². The van der Waals surface area contributed by atoms with Gasteiger partial charge in [-0.15, -0.1) is 16.8 Å². The fourth-order valence-corrected chi connectivity index (χ4v) is 4.50. The topological polar surface area (TPSA) is 63.9 Å². The number of carbonyl (C=O) groups excluding carboxylic acids is 1. The summed E-state index contributed by atoms with van der Waals surface area (Å²) in [5, 5.41) is 9.15. The Morgan fingerprint density at radius 2 is 2.03 bits per heavy atom. The molecule has 1 amide bonds. The summed E-state index contributed by atoms with van der Waals surface area (Å²) in [6.45, 7) is 7.11. The third-order valence-corrected chi connectivity index (χ3v) is 6.04. The quantitative estimate of drug-likeness (QED) is 0.458. The Balaban J connectivity index is 1.57. The minimum absolute atomic E-state index is 0.0979. The lowest BCUT2D eigenvalue weighted by molar-refractivity contribution is -0.117. The number of nitrogens with zero attached hydrogens (tertiary/aromatic N) is 5. The molecule has 0 spiro atoms. The fraction of sp³-hybridized carbons (Fsp3) is 0.273. The van der Waals surface area contributed by atoms with Crippen molar-refractivity contribution in [2.75, 3.05) is 11.4 Å². The maximum Gasteiger partial charge on any atom is 0.240 e. The summed E-state index contributed by atoms with van der Waals surface area (Å²) >= 11 is 1.44. The van der Waals surface area contributed by atoms with E-state index >= 15 is 0 Å². The van der Waals surface area contributed by atoms with Gasteiger partial charge in [-0.3, -0.25) is 14.3 Å². The van der Waals surface area contributed by atoms with Crippen LogP contribution in [0.5, 0.6) is 0 Å². The van der Waals surface area contributed by atoms with Crippen molar-refractivity contribution in [1.29, 1.82) is 0 Å². The van der Waals surface area contributed by atoms with Crippen molar-refractivity contribution in [2.24, 2.45) is 0 Å². The Labute approximate surface area is 174 Å². The predicted molar refractivity (Wildman–Crippen MR) is 116 cm³/mol. The minimum atomic E-state index is -0.279. The second-order valence-corrected chi connectivity index (χ2v) is 8.23. The maximum absolute atomic E-state index is 13.2. The average molecular weight is 406 g/mol. The van der Waals surface area contributed by atoms with Gasteiger partial charge in [0.1, 0.15) is 0 Å². The summed E-state index contributed by atoms with van der Waals surface area (Å²) in [5.74, 6) is 0.846. The van der Waals surface area contributed by atoms with Crippen LogP contribution in [-0.2, 0) is 17.8 Å². The summed E-state index contributed by atoms with van der Waals surface area (Å²) in [7, 11) is 0. The standard InChI is InChI=1S/C22H23N5OS/c1-3-14-27-20(18-10-12-23-13-11-18)24-25-22(27)29-16(2)21(28)26-15-6-8-17-7-4-5-9-19(17)26/h3-5,7,9-13,16H,1,6,8,14-15H2,2H3/t16-/m1/s1. The largest absolute Gasteiger partial charge is 0.311 e. The Bertz CT molecular complexity index is 1020. The number of rotatable bonds is 6. The van der Waals surface area contributed by atoms with Crippen LogP contribution in [0.15, 0.2) is 66.6 Å². The molecule has 148 valence electrons. The highest BCUT2D eigenvalue weighted by Gasteiger charge is 2.28. The monoisotopic (exact) mass is 405 g/mol. The smallest absolute Gasteiger partial charge is 0.240 e. The van der Waals surface area contributed by atoms with Gasteiger partial charge in [-0.2, -0.15) is 0 Å². The average Bonchev–Trinajstić information content (AvgIpc) is 3.16. The van der Waals surface area contributed by atoms with E-state index in [-0.39, 0.29) is 11.2 Å². The fourth-order valence-electron chi connectivity index (χ4n) is 3.57. The molecule has 7 heteroatoms. The van der Waals surface area contributed by atoms with Crippen LogP contribution in [0.25, 0.3) is 11.4 Å². The molecule has 0 fully saturated rings. The van der Waals surface area contributed by atoms with E-state index in [9.17, 15) is 4.79 Å². The summed E-state index contributed by atoms with van der Waals surface area (Å²) < 4.78 is 1.99. The van der Waals surface area contributed by atoms with Crippen LogP contribution >= 0.6 is 11.8 Å². The number of benzene rings is 1. The number of fused-ring (bicyclic) bond motifs is 1. The van der Waals surface area contributed by atoms with Gasteiger partial charge < -0.3 is 4.90 Å². The van der Waals surface area contributed by atoms with Gasteiger partial charge in [0, 0.05) is 36.7 Å². The van der Waals surface area contributed by atoms with Gasteiger partial charge in [0.05, 0.1) is 5.25 Å². The van der Waals surface area contributed by atoms with Gasteiger partial charge in [-0.1, -0.05) is 36.0 Å². The summed E-state index contributed by atoms with van der Waals surface area (Å²) in [6.07, 6.45) is 7.28. The first-order chi connectivity index (χ1) is 14.2. The van der Waals surface area contributed by atoms with Crippen LogP contribution < -0.4 is 4.90 Å². The Hall–Kier alpha value is -2.93. The number of para-hydroxylation sites is 1. The molecule has 4 rings (SSSR count). The van der Waals surface area contributed by atoms with Crippen LogP contribution in [0.2, 0.25) is 0 Å². The van der Waals surface area contributed by atoms with Crippen LogP contribution in [0.4, 0.5) is 5.69 Å². The van der Waals surface area contributed by atoms with Gasteiger partial charge in [0.15, 0.2) is 11.0 Å². The van der Waals surface area contributed by atoms with Gasteiger partial charge in [0.25, 0.3) is 0 Å². The number of anilines is 1. The number of allylic oxidation sites excluding steroid dienone is 1. The Morgan fingerprint density at radius 3 is 2.83 bits per heavy atom. The second-order valence-electron chi connectivity index (χ2n) is 6.92. The number of hydrogen-bond donors (Lipinski definition) is 0. The van der Waals surface area contributed by atoms with Crippen LogP contribution in [-0.4, -0.2) is 37.5 Å². The number of thioether (sulfide) groups is 1. The van der Waals surface area contributed by atoms with Gasteiger partial charge in [0.2, 0.25) is 5.91 Å². The van der Waals surface area contributed by atoms with E-state index in [2.05, 4.69) is 27.8 Å². The van der Waals surface area contributed by atoms with Gasteiger partial charge in [-0.05, 0) is 43.5 Å². The molecule has 1 aliphatic rings. The molecule has 29 heavy (non-hydrogen) atoms. The van der Waals surface area contributed by atoms with Crippen molar-refractivity contribution in [3.8, 4) is 11.4 Å². The first-order valence-electron chi connectivity index (χ1n) is 9.69. The molecule has 2 aromatic heterocycles. The van der Waals surface area contributed by atoms with Crippen molar-refractivity contribution in [3.63, 3.8) is 0 Å². The van der Waals surface area contributed by atoms with E-state index in [1.54, 1.807) is 12.4 Å². The number of carbonyl (C=O) groups is 1. The molecule has 3 aromatic rings. The highest BCUT2D eigenvalue weighted by molar-refractivity contribution is 8.00. The first kappa shape index (κ1) is 19.4. The van der Waals surface area contributed by atoms with Crippen molar-refractivity contribution in [3.05, 3.63) is 67.0 Å². The lowest BCUT2D eigenvalue weighted by atomic mass is 10.0.